The first kappa shape index (κ1) is 24.8. The molecule has 3 aromatic heterocycles. The van der Waals surface area contributed by atoms with E-state index in [9.17, 15) is 4.79 Å². The molecule has 0 fully saturated rings. The van der Waals surface area contributed by atoms with Crippen molar-refractivity contribution >= 4 is 64.0 Å². The molecule has 188 valence electrons. The third-order valence-corrected chi connectivity index (χ3v) is 7.05. The van der Waals surface area contributed by atoms with Crippen LogP contribution in [0, 0.1) is 0 Å². The molecule has 4 N–H and O–H groups in total. The van der Waals surface area contributed by atoms with Gasteiger partial charge in [0, 0.05) is 26.9 Å². The molecule has 0 bridgehead atoms. The van der Waals surface area contributed by atoms with Gasteiger partial charge < -0.3 is 16.4 Å². The van der Waals surface area contributed by atoms with Crippen molar-refractivity contribution in [1.29, 1.82) is 0 Å². The molecule has 8 nitrogen and oxygen atoms in total. The third kappa shape index (κ3) is 5.14. The number of thiophene rings is 1. The fraction of sp³-hybridized carbons (Fsp3) is 0.0690. The highest BCUT2D eigenvalue weighted by atomic mass is 32.1. The van der Waals surface area contributed by atoms with Crippen molar-refractivity contribution < 1.29 is 4.79 Å². The highest BCUT2D eigenvalue weighted by molar-refractivity contribution is 7.15. The number of carbonyl (C=O) groups is 1. The summed E-state index contributed by atoms with van der Waals surface area (Å²) in [5.74, 6) is 0.667. The van der Waals surface area contributed by atoms with Gasteiger partial charge in [0.1, 0.15) is 18.0 Å². The molecule has 0 aliphatic rings. The molecule has 5 rings (SSSR count). The zero-order chi connectivity index (χ0) is 26.5. The normalized spacial score (nSPS) is 11.1. The van der Waals surface area contributed by atoms with Crippen molar-refractivity contribution in [2.24, 2.45) is 4.99 Å². The van der Waals surface area contributed by atoms with Crippen LogP contribution in [0.1, 0.15) is 27.7 Å². The van der Waals surface area contributed by atoms with Gasteiger partial charge in [0.15, 0.2) is 0 Å². The molecule has 0 radical (unpaired) electrons. The maximum absolute atomic E-state index is 13.2. The Hall–Kier alpha value is -4.89. The summed E-state index contributed by atoms with van der Waals surface area (Å²) in [4.78, 5) is 32.3. The lowest BCUT2D eigenvalue weighted by Crippen LogP contribution is -2.15. The summed E-state index contributed by atoms with van der Waals surface area (Å²) in [5.41, 5.74) is 10.4. The van der Waals surface area contributed by atoms with Crippen LogP contribution < -0.4 is 16.4 Å². The number of hydrogen-bond donors (Lipinski definition) is 3. The van der Waals surface area contributed by atoms with E-state index in [2.05, 4.69) is 49.4 Å². The molecule has 0 saturated heterocycles. The molecule has 9 heteroatoms. The first-order chi connectivity index (χ1) is 18.6. The van der Waals surface area contributed by atoms with E-state index in [1.54, 1.807) is 35.7 Å². The zero-order valence-electron chi connectivity index (χ0n) is 20.7. The van der Waals surface area contributed by atoms with Gasteiger partial charge in [0.2, 0.25) is 0 Å². The van der Waals surface area contributed by atoms with Gasteiger partial charge in [-0.05, 0) is 61.7 Å². The number of anilines is 3. The molecule has 0 unspecified atom stereocenters. The van der Waals surface area contributed by atoms with Crippen molar-refractivity contribution in [3.63, 3.8) is 0 Å². The minimum Gasteiger partial charge on any atom is -0.383 e. The monoisotopic (exact) mass is 519 g/mol. The summed E-state index contributed by atoms with van der Waals surface area (Å²) in [7, 11) is 0. The quantitative estimate of drug-likeness (QED) is 0.200. The number of aliphatic imine (C=N–C) groups is 1. The van der Waals surface area contributed by atoms with Gasteiger partial charge in [0.05, 0.1) is 29.0 Å². The number of pyridine rings is 1. The van der Waals surface area contributed by atoms with E-state index in [-0.39, 0.29) is 5.91 Å². The van der Waals surface area contributed by atoms with Gasteiger partial charge in [-0.25, -0.2) is 15.0 Å². The Morgan fingerprint density at radius 2 is 2.00 bits per heavy atom. The first-order valence-corrected chi connectivity index (χ1v) is 12.7. The summed E-state index contributed by atoms with van der Waals surface area (Å²) in [6, 6.07) is 19.2. The van der Waals surface area contributed by atoms with E-state index in [4.69, 9.17) is 5.73 Å². The number of fused-ring (bicyclic) bond motifs is 1. The predicted octanol–water partition coefficient (Wildman–Crippen LogP) is 6.57. The number of carbonyl (C=O) groups excluding carboxylic acids is 1. The van der Waals surface area contributed by atoms with Gasteiger partial charge in [0.25, 0.3) is 5.91 Å². The van der Waals surface area contributed by atoms with Crippen molar-refractivity contribution in [1.82, 2.24) is 15.0 Å². The number of aromatic nitrogens is 3. The molecule has 0 aliphatic heterocycles. The fourth-order valence-electron chi connectivity index (χ4n) is 4.10. The minimum absolute atomic E-state index is 0.286. The van der Waals surface area contributed by atoms with Crippen LogP contribution in [-0.4, -0.2) is 27.6 Å². The Kier molecular flexibility index (Phi) is 7.19. The second kappa shape index (κ2) is 11.0. The molecule has 0 spiro atoms. The molecule has 0 aliphatic carbocycles. The highest BCUT2D eigenvalue weighted by Gasteiger charge is 2.15. The average Bonchev–Trinajstić information content (AvgIpc) is 3.42. The van der Waals surface area contributed by atoms with E-state index < -0.39 is 0 Å². The third-order valence-electron chi connectivity index (χ3n) is 5.91. The fourth-order valence-corrected chi connectivity index (χ4v) is 5.04. The number of nitrogen functional groups attached to an aromatic ring is 1. The van der Waals surface area contributed by atoms with Crippen molar-refractivity contribution in [2.75, 3.05) is 16.4 Å². The number of para-hydroxylation sites is 1. The lowest BCUT2D eigenvalue weighted by Gasteiger charge is -2.13. The smallest absolute Gasteiger partial charge is 0.259 e. The molecular weight excluding hydrogens is 494 g/mol. The number of amides is 1. The highest BCUT2D eigenvalue weighted by Crippen LogP contribution is 2.33. The molecule has 3 heterocycles. The van der Waals surface area contributed by atoms with E-state index in [0.29, 0.717) is 35.1 Å². The standard InChI is InChI=1S/C29H25N7OS/c1-3-6-18-7-4-9-24(26(18)31-2)36-29(37)21-8-5-14-32-28(21)33-16-20-11-13-25(38-20)19-10-12-23-22(15-19)27(30)35-17-34-23/h3-15,17H,2,16H2,1H3,(H,32,33)(H,36,37)(H2,30,34,35)/b6-3-. The maximum Gasteiger partial charge on any atom is 0.259 e. The second-order valence-electron chi connectivity index (χ2n) is 8.37. The van der Waals surface area contributed by atoms with Gasteiger partial charge in [-0.3, -0.25) is 9.79 Å². The van der Waals surface area contributed by atoms with Gasteiger partial charge in [-0.1, -0.05) is 30.4 Å². The van der Waals surface area contributed by atoms with E-state index in [1.807, 2.05) is 49.4 Å². The van der Waals surface area contributed by atoms with E-state index in [1.165, 1.54) is 6.33 Å². The van der Waals surface area contributed by atoms with Crippen LogP contribution in [0.25, 0.3) is 27.4 Å². The average molecular weight is 520 g/mol. The van der Waals surface area contributed by atoms with E-state index >= 15 is 0 Å². The number of allylic oxidation sites excluding steroid dienone is 1. The van der Waals surface area contributed by atoms with Crippen molar-refractivity contribution in [2.45, 2.75) is 13.5 Å². The van der Waals surface area contributed by atoms with E-state index in [0.717, 1.165) is 31.8 Å². The zero-order valence-corrected chi connectivity index (χ0v) is 21.5. The molecule has 0 saturated carbocycles. The number of rotatable bonds is 8. The van der Waals surface area contributed by atoms with Gasteiger partial charge >= 0.3 is 0 Å². The number of nitrogens with one attached hydrogen (secondary N) is 2. The second-order valence-corrected chi connectivity index (χ2v) is 9.53. The SMILES string of the molecule is C=Nc1c(/C=C\C)cccc1NC(=O)c1cccnc1NCc1ccc(-c2ccc3ncnc(N)c3c2)s1. The van der Waals surface area contributed by atoms with Crippen LogP contribution in [0.2, 0.25) is 0 Å². The lowest BCUT2D eigenvalue weighted by atomic mass is 10.1. The minimum atomic E-state index is -0.286. The first-order valence-electron chi connectivity index (χ1n) is 11.9. The Morgan fingerprint density at radius 1 is 1.11 bits per heavy atom. The summed E-state index contributed by atoms with van der Waals surface area (Å²) in [5, 5.41) is 7.09. The van der Waals surface area contributed by atoms with Crippen LogP contribution >= 0.6 is 11.3 Å². The summed E-state index contributed by atoms with van der Waals surface area (Å²) >= 11 is 1.65. The van der Waals surface area contributed by atoms with Crippen molar-refractivity contribution in [3.8, 4) is 10.4 Å². The molecule has 0 atom stereocenters. The lowest BCUT2D eigenvalue weighted by molar-refractivity contribution is 0.102. The largest absolute Gasteiger partial charge is 0.383 e. The number of nitrogens with two attached hydrogens (primary N) is 1. The molecular formula is C29H25N7OS. The summed E-state index contributed by atoms with van der Waals surface area (Å²) < 4.78 is 0. The maximum atomic E-state index is 13.2. The Balaban J connectivity index is 1.32. The Bertz CT molecular complexity index is 1680. The molecule has 2 aromatic carbocycles. The van der Waals surface area contributed by atoms with Gasteiger partial charge in [-0.15, -0.1) is 11.3 Å². The number of nitrogens with zero attached hydrogens (tertiary/aromatic N) is 4. The van der Waals surface area contributed by atoms with Crippen molar-refractivity contribution in [3.05, 3.63) is 95.3 Å². The summed E-state index contributed by atoms with van der Waals surface area (Å²) in [6.07, 6.45) is 6.96. The Labute approximate surface area is 224 Å². The van der Waals surface area contributed by atoms with Crippen LogP contribution in [0.5, 0.6) is 0 Å². The van der Waals surface area contributed by atoms with Crippen LogP contribution in [0.3, 0.4) is 0 Å². The summed E-state index contributed by atoms with van der Waals surface area (Å²) in [6.45, 7) is 6.10. The van der Waals surface area contributed by atoms with Gasteiger partial charge in [-0.2, -0.15) is 0 Å². The van der Waals surface area contributed by atoms with Crippen LogP contribution in [-0.2, 0) is 6.54 Å². The number of hydrogen-bond acceptors (Lipinski definition) is 8. The Morgan fingerprint density at radius 3 is 2.84 bits per heavy atom. The topological polar surface area (TPSA) is 118 Å². The van der Waals surface area contributed by atoms with Crippen LogP contribution in [0.4, 0.5) is 23.0 Å². The molecule has 38 heavy (non-hydrogen) atoms. The molecule has 5 aromatic rings. The molecule has 1 amide bonds. The number of benzene rings is 2. The van der Waals surface area contributed by atoms with Crippen LogP contribution in [0.15, 0.2) is 84.3 Å². The predicted molar refractivity (Wildman–Crippen MR) is 157 cm³/mol.